The average Bonchev–Trinajstić information content (AvgIpc) is 2.84. The van der Waals surface area contributed by atoms with Gasteiger partial charge < -0.3 is 48.7 Å². The zero-order valence-electron chi connectivity index (χ0n) is 23.5. The summed E-state index contributed by atoms with van der Waals surface area (Å²) >= 11 is 0. The number of rotatable bonds is 19. The van der Waals surface area contributed by atoms with Crippen molar-refractivity contribution in [1.82, 2.24) is 21.3 Å². The number of nitrogens with one attached hydrogen (secondary N) is 4. The molecule has 5 atom stereocenters. The number of carbonyl (C=O) groups excluding carboxylic acids is 6. The van der Waals surface area contributed by atoms with Crippen molar-refractivity contribution in [2.75, 3.05) is 0 Å². The lowest BCUT2D eigenvalue weighted by atomic mass is 10.0. The van der Waals surface area contributed by atoms with Crippen LogP contribution in [0, 0.1) is 11.8 Å². The van der Waals surface area contributed by atoms with Crippen LogP contribution in [0.3, 0.4) is 0 Å². The Morgan fingerprint density at radius 1 is 0.610 bits per heavy atom. The first-order valence-corrected chi connectivity index (χ1v) is 12.9. The summed E-state index contributed by atoms with van der Waals surface area (Å²) in [6.45, 7) is 6.18. The maximum atomic E-state index is 13.0. The van der Waals surface area contributed by atoms with Crippen LogP contribution in [0.4, 0.5) is 0 Å². The van der Waals surface area contributed by atoms with Crippen molar-refractivity contribution in [3.8, 4) is 0 Å². The van der Waals surface area contributed by atoms with Gasteiger partial charge in [0.25, 0.3) is 0 Å². The molecule has 0 unspecified atom stereocenters. The normalized spacial score (nSPS) is 14.6. The number of carboxylic acids is 2. The van der Waals surface area contributed by atoms with Gasteiger partial charge in [0.15, 0.2) is 0 Å². The van der Waals surface area contributed by atoms with E-state index in [2.05, 4.69) is 21.3 Å². The number of hydrogen-bond donors (Lipinski definition) is 9. The standard InChI is InChI=1S/C24H41N7O10/c1-10(2)18(30-20(36)12(25)5-7-15(26)32)23(39)29-14(9-17(34)35)22(38)28-13(6-8-16(27)33)21(37)31-19(11(3)4)24(40)41/h10-14,18-19H,5-9,25H2,1-4H3,(H2,26,32)(H2,27,33)(H,28,38)(H,29,39)(H,30,36)(H,31,37)(H,34,35)(H,40,41)/t12-,13-,14-,18-,19-/m0/s1. The predicted octanol–water partition coefficient (Wildman–Crippen LogP) is -3.34. The van der Waals surface area contributed by atoms with Gasteiger partial charge in [-0.25, -0.2) is 4.79 Å². The Kier molecular flexibility index (Phi) is 15.6. The number of carboxylic acid groups (broad SMARTS) is 2. The minimum atomic E-state index is -1.74. The number of aliphatic carboxylic acids is 2. The third-order valence-electron chi connectivity index (χ3n) is 5.84. The molecule has 0 radical (unpaired) electrons. The summed E-state index contributed by atoms with van der Waals surface area (Å²) in [6, 6.07) is -7.05. The minimum Gasteiger partial charge on any atom is -0.481 e. The first kappa shape index (κ1) is 36.7. The van der Waals surface area contributed by atoms with Gasteiger partial charge in [-0.2, -0.15) is 0 Å². The van der Waals surface area contributed by atoms with E-state index in [1.807, 2.05) is 0 Å². The predicted molar refractivity (Wildman–Crippen MR) is 142 cm³/mol. The third kappa shape index (κ3) is 14.1. The summed E-state index contributed by atoms with van der Waals surface area (Å²) in [5, 5.41) is 27.8. The second-order valence-electron chi connectivity index (χ2n) is 10.1. The second-order valence-corrected chi connectivity index (χ2v) is 10.1. The highest BCUT2D eigenvalue weighted by atomic mass is 16.4. The second kappa shape index (κ2) is 17.4. The van der Waals surface area contributed by atoms with Crippen molar-refractivity contribution in [3.63, 3.8) is 0 Å². The SMILES string of the molecule is CC(C)[C@H](NC(=O)[C@H](CCC(N)=O)NC(=O)[C@H](CC(=O)O)NC(=O)[C@@H](NC(=O)[C@@H](N)CCC(N)=O)C(C)C)C(=O)O. The zero-order valence-corrected chi connectivity index (χ0v) is 23.5. The number of amides is 6. The maximum Gasteiger partial charge on any atom is 0.326 e. The first-order chi connectivity index (χ1) is 18.9. The fourth-order valence-electron chi connectivity index (χ4n) is 3.46. The molecule has 0 spiro atoms. The van der Waals surface area contributed by atoms with Crippen LogP contribution in [-0.4, -0.2) is 87.8 Å². The van der Waals surface area contributed by atoms with Crippen LogP contribution in [0.1, 0.15) is 59.8 Å². The molecule has 17 nitrogen and oxygen atoms in total. The first-order valence-electron chi connectivity index (χ1n) is 12.9. The Labute approximate surface area is 236 Å². The Hall–Kier alpha value is -4.28. The van der Waals surface area contributed by atoms with Gasteiger partial charge in [0, 0.05) is 12.8 Å². The van der Waals surface area contributed by atoms with Crippen molar-refractivity contribution in [3.05, 3.63) is 0 Å². The van der Waals surface area contributed by atoms with Crippen molar-refractivity contribution >= 4 is 47.4 Å². The van der Waals surface area contributed by atoms with E-state index in [9.17, 15) is 48.6 Å². The molecule has 0 saturated carbocycles. The summed E-state index contributed by atoms with van der Waals surface area (Å²) in [4.78, 5) is 96.5. The van der Waals surface area contributed by atoms with Crippen LogP contribution < -0.4 is 38.5 Å². The Bertz CT molecular complexity index is 1000. The highest BCUT2D eigenvalue weighted by Crippen LogP contribution is 2.08. The number of primary amides is 2. The number of hydrogen-bond acceptors (Lipinski definition) is 9. The molecular weight excluding hydrogens is 546 g/mol. The Balaban J connectivity index is 5.84. The van der Waals surface area contributed by atoms with Crippen LogP contribution in [0.25, 0.3) is 0 Å². The van der Waals surface area contributed by atoms with E-state index in [1.54, 1.807) is 13.8 Å². The van der Waals surface area contributed by atoms with Gasteiger partial charge in [-0.15, -0.1) is 0 Å². The van der Waals surface area contributed by atoms with Gasteiger partial charge >= 0.3 is 11.9 Å². The molecule has 0 saturated heterocycles. The van der Waals surface area contributed by atoms with Crippen molar-refractivity contribution in [1.29, 1.82) is 0 Å². The summed E-state index contributed by atoms with van der Waals surface area (Å²) < 4.78 is 0. The van der Waals surface area contributed by atoms with Gasteiger partial charge in [0.2, 0.25) is 35.4 Å². The molecule has 12 N–H and O–H groups in total. The van der Waals surface area contributed by atoms with Crippen LogP contribution in [0.2, 0.25) is 0 Å². The Morgan fingerprint density at radius 2 is 1.05 bits per heavy atom. The van der Waals surface area contributed by atoms with Gasteiger partial charge in [0.1, 0.15) is 24.2 Å². The maximum absolute atomic E-state index is 13.0. The molecule has 0 aromatic rings. The molecular formula is C24H41N7O10. The lowest BCUT2D eigenvalue weighted by molar-refractivity contribution is -0.144. The summed E-state index contributed by atoms with van der Waals surface area (Å²) in [7, 11) is 0. The van der Waals surface area contributed by atoms with Gasteiger partial charge in [-0.3, -0.25) is 33.6 Å². The van der Waals surface area contributed by atoms with Gasteiger partial charge in [-0.1, -0.05) is 27.7 Å². The summed E-state index contributed by atoms with van der Waals surface area (Å²) in [5.41, 5.74) is 15.9. The van der Waals surface area contributed by atoms with Crippen molar-refractivity contribution < 1.29 is 48.6 Å². The van der Waals surface area contributed by atoms with Crippen LogP contribution in [-0.2, 0) is 38.4 Å². The van der Waals surface area contributed by atoms with E-state index in [4.69, 9.17) is 17.2 Å². The fraction of sp³-hybridized carbons (Fsp3) is 0.667. The van der Waals surface area contributed by atoms with Gasteiger partial charge in [-0.05, 0) is 24.7 Å². The van der Waals surface area contributed by atoms with Gasteiger partial charge in [0.05, 0.1) is 12.5 Å². The van der Waals surface area contributed by atoms with E-state index in [0.29, 0.717) is 0 Å². The van der Waals surface area contributed by atoms with Crippen LogP contribution in [0.15, 0.2) is 0 Å². The zero-order chi connectivity index (χ0) is 32.0. The molecule has 0 aromatic heterocycles. The van der Waals surface area contributed by atoms with Crippen molar-refractivity contribution in [2.45, 2.75) is 90.0 Å². The largest absolute Gasteiger partial charge is 0.481 e. The third-order valence-corrected chi connectivity index (χ3v) is 5.84. The highest BCUT2D eigenvalue weighted by molar-refractivity contribution is 5.97. The molecule has 0 rings (SSSR count). The molecule has 0 aliphatic carbocycles. The molecule has 0 fully saturated rings. The number of carbonyl (C=O) groups is 8. The smallest absolute Gasteiger partial charge is 0.326 e. The molecule has 41 heavy (non-hydrogen) atoms. The minimum absolute atomic E-state index is 0.0913. The molecule has 232 valence electrons. The molecule has 0 aromatic carbocycles. The monoisotopic (exact) mass is 587 g/mol. The van der Waals surface area contributed by atoms with E-state index in [1.165, 1.54) is 13.8 Å². The molecule has 0 bridgehead atoms. The lowest BCUT2D eigenvalue weighted by Crippen LogP contribution is -2.60. The Morgan fingerprint density at radius 3 is 1.49 bits per heavy atom. The molecule has 0 aliphatic heterocycles. The lowest BCUT2D eigenvalue weighted by Gasteiger charge is -2.27. The summed E-state index contributed by atoms with van der Waals surface area (Å²) in [6.07, 6.45) is -1.93. The average molecular weight is 588 g/mol. The van der Waals surface area contributed by atoms with Crippen molar-refractivity contribution in [2.24, 2.45) is 29.0 Å². The molecule has 6 amide bonds. The van der Waals surface area contributed by atoms with Crippen LogP contribution >= 0.6 is 0 Å². The topological polar surface area (TPSA) is 303 Å². The quantitative estimate of drug-likeness (QED) is 0.0719. The van der Waals surface area contributed by atoms with E-state index in [-0.39, 0.29) is 25.7 Å². The molecule has 17 heteroatoms. The highest BCUT2D eigenvalue weighted by Gasteiger charge is 2.34. The van der Waals surface area contributed by atoms with Crippen LogP contribution in [0.5, 0.6) is 0 Å². The number of nitrogens with two attached hydrogens (primary N) is 3. The summed E-state index contributed by atoms with van der Waals surface area (Å²) in [5.74, 6) is -9.29. The van der Waals surface area contributed by atoms with E-state index < -0.39 is 95.8 Å². The molecule has 0 aliphatic rings. The van der Waals surface area contributed by atoms with E-state index in [0.717, 1.165) is 0 Å². The van der Waals surface area contributed by atoms with E-state index >= 15 is 0 Å². The molecule has 0 heterocycles. The fourth-order valence-corrected chi connectivity index (χ4v) is 3.46.